The number of nitrogens with zero attached hydrogens (tertiary/aromatic N) is 1. The average Bonchev–Trinajstić information content (AvgIpc) is 2.69. The van der Waals surface area contributed by atoms with Gasteiger partial charge in [-0.15, -0.1) is 0 Å². The van der Waals surface area contributed by atoms with E-state index in [1.165, 1.54) is 17.5 Å². The fraction of sp³-hybridized carbons (Fsp3) is 0.280. The summed E-state index contributed by atoms with van der Waals surface area (Å²) < 4.78 is 0. The van der Waals surface area contributed by atoms with E-state index in [2.05, 4.69) is 91.5 Å². The highest BCUT2D eigenvalue weighted by molar-refractivity contribution is 6.33. The zero-order valence-electron chi connectivity index (χ0n) is 15.9. The molecular weight excluding hydrogens is 350 g/mol. The number of piperidine rings is 1. The zero-order chi connectivity index (χ0) is 18.8. The Balaban J connectivity index is 1.90. The van der Waals surface area contributed by atoms with Crippen LogP contribution in [0.5, 0.6) is 0 Å². The van der Waals surface area contributed by atoms with E-state index < -0.39 is 0 Å². The van der Waals surface area contributed by atoms with Gasteiger partial charge in [0.05, 0.1) is 22.8 Å². The molecule has 1 nitrogen and oxygen atoms in total. The summed E-state index contributed by atoms with van der Waals surface area (Å²) >= 11 is 6.72. The van der Waals surface area contributed by atoms with Crippen molar-refractivity contribution in [1.29, 1.82) is 0 Å². The number of anilines is 1. The second-order valence-corrected chi connectivity index (χ2v) is 8.17. The molecule has 0 radical (unpaired) electrons. The first-order valence-corrected chi connectivity index (χ1v) is 10.2. The fourth-order valence-corrected chi connectivity index (χ4v) is 5.04. The molecule has 27 heavy (non-hydrogen) atoms. The summed E-state index contributed by atoms with van der Waals surface area (Å²) in [6.07, 6.45) is 1.19. The van der Waals surface area contributed by atoms with Crippen LogP contribution < -0.4 is 4.90 Å². The van der Waals surface area contributed by atoms with E-state index in [4.69, 9.17) is 11.6 Å². The van der Waals surface area contributed by atoms with Crippen molar-refractivity contribution in [2.75, 3.05) is 4.90 Å². The molecule has 1 heterocycles. The van der Waals surface area contributed by atoms with Crippen LogP contribution >= 0.6 is 11.6 Å². The van der Waals surface area contributed by atoms with Crippen LogP contribution in [-0.4, -0.2) is 0 Å². The van der Waals surface area contributed by atoms with E-state index in [1.54, 1.807) is 0 Å². The highest BCUT2D eigenvalue weighted by Crippen LogP contribution is 2.51. The third kappa shape index (κ3) is 3.49. The number of para-hydroxylation sites is 1. The molecule has 4 unspecified atom stereocenters. The molecular formula is C25H26ClN. The lowest BCUT2D eigenvalue weighted by Gasteiger charge is -2.51. The molecule has 2 heteroatoms. The van der Waals surface area contributed by atoms with Crippen molar-refractivity contribution in [3.05, 3.63) is 101 Å². The van der Waals surface area contributed by atoms with Gasteiger partial charge < -0.3 is 4.90 Å². The maximum Gasteiger partial charge on any atom is 0.0639 e. The van der Waals surface area contributed by atoms with Crippen LogP contribution in [0.4, 0.5) is 5.69 Å². The van der Waals surface area contributed by atoms with Gasteiger partial charge in [-0.1, -0.05) is 98.2 Å². The van der Waals surface area contributed by atoms with E-state index >= 15 is 0 Å². The normalized spacial score (nSPS) is 25.4. The molecule has 1 aliphatic rings. The summed E-state index contributed by atoms with van der Waals surface area (Å²) in [5.41, 5.74) is 3.84. The fourth-order valence-electron chi connectivity index (χ4n) is 4.81. The highest BCUT2D eigenvalue weighted by Gasteiger charge is 2.41. The minimum Gasteiger partial charge on any atom is -0.356 e. The molecule has 0 N–H and O–H groups in total. The Hall–Kier alpha value is -2.25. The molecule has 1 saturated heterocycles. The Kier molecular flexibility index (Phi) is 5.22. The Bertz CT molecular complexity index is 826. The van der Waals surface area contributed by atoms with Gasteiger partial charge in [-0.3, -0.25) is 0 Å². The minimum absolute atomic E-state index is 0.299. The number of rotatable bonds is 3. The summed E-state index contributed by atoms with van der Waals surface area (Å²) in [4.78, 5) is 2.58. The van der Waals surface area contributed by atoms with Crippen LogP contribution in [-0.2, 0) is 0 Å². The molecule has 0 amide bonds. The lowest BCUT2D eigenvalue weighted by atomic mass is 9.75. The summed E-state index contributed by atoms with van der Waals surface area (Å²) in [6, 6.07) is 30.6. The van der Waals surface area contributed by atoms with Gasteiger partial charge in [0.1, 0.15) is 0 Å². The van der Waals surface area contributed by atoms with Crippen LogP contribution in [0.3, 0.4) is 0 Å². The van der Waals surface area contributed by atoms with Crippen molar-refractivity contribution in [3.63, 3.8) is 0 Å². The van der Waals surface area contributed by atoms with Crippen molar-refractivity contribution in [2.24, 2.45) is 11.8 Å². The molecule has 1 aliphatic heterocycles. The standard InChI is InChI=1S/C25H26ClN/c1-18-17-19(2)25(21-13-7-4-8-14-21)27(23-16-10-9-15-22(23)26)24(18)20-11-5-3-6-12-20/h3-16,18-19,24-25H,17H2,1-2H3. The van der Waals surface area contributed by atoms with Gasteiger partial charge in [0, 0.05) is 0 Å². The van der Waals surface area contributed by atoms with Crippen LogP contribution in [0.2, 0.25) is 5.02 Å². The van der Waals surface area contributed by atoms with Crippen molar-refractivity contribution < 1.29 is 0 Å². The molecule has 0 spiro atoms. The summed E-state index contributed by atoms with van der Waals surface area (Å²) in [7, 11) is 0. The van der Waals surface area contributed by atoms with Crippen LogP contribution in [0.15, 0.2) is 84.9 Å². The molecule has 0 aliphatic carbocycles. The lowest BCUT2D eigenvalue weighted by molar-refractivity contribution is 0.229. The van der Waals surface area contributed by atoms with E-state index in [-0.39, 0.29) is 0 Å². The molecule has 0 aromatic heterocycles. The van der Waals surface area contributed by atoms with Crippen molar-refractivity contribution in [2.45, 2.75) is 32.4 Å². The Labute approximate surface area is 167 Å². The summed E-state index contributed by atoms with van der Waals surface area (Å²) in [5, 5.41) is 0.820. The van der Waals surface area contributed by atoms with E-state index in [0.29, 0.717) is 23.9 Å². The lowest BCUT2D eigenvalue weighted by Crippen LogP contribution is -2.44. The van der Waals surface area contributed by atoms with E-state index in [0.717, 1.165) is 10.7 Å². The minimum atomic E-state index is 0.299. The Morgan fingerprint density at radius 2 is 1.11 bits per heavy atom. The Morgan fingerprint density at radius 3 is 1.59 bits per heavy atom. The molecule has 3 aromatic carbocycles. The maximum atomic E-state index is 6.72. The van der Waals surface area contributed by atoms with E-state index in [9.17, 15) is 0 Å². The monoisotopic (exact) mass is 375 g/mol. The van der Waals surface area contributed by atoms with Crippen molar-refractivity contribution >= 4 is 17.3 Å². The van der Waals surface area contributed by atoms with Gasteiger partial charge in [0.25, 0.3) is 0 Å². The number of halogens is 1. The second-order valence-electron chi connectivity index (χ2n) is 7.76. The molecule has 0 bridgehead atoms. The van der Waals surface area contributed by atoms with Gasteiger partial charge >= 0.3 is 0 Å². The first kappa shape index (κ1) is 18.1. The predicted molar refractivity (Wildman–Crippen MR) is 115 cm³/mol. The number of benzene rings is 3. The van der Waals surface area contributed by atoms with Crippen molar-refractivity contribution in [1.82, 2.24) is 0 Å². The highest BCUT2D eigenvalue weighted by atomic mass is 35.5. The predicted octanol–water partition coefficient (Wildman–Crippen LogP) is 7.30. The van der Waals surface area contributed by atoms with Gasteiger partial charge in [0.15, 0.2) is 0 Å². The molecule has 4 atom stereocenters. The van der Waals surface area contributed by atoms with Crippen LogP contribution in [0, 0.1) is 11.8 Å². The number of hydrogen-bond acceptors (Lipinski definition) is 1. The second kappa shape index (κ2) is 7.78. The van der Waals surface area contributed by atoms with Crippen LogP contribution in [0.1, 0.15) is 43.5 Å². The topological polar surface area (TPSA) is 3.24 Å². The van der Waals surface area contributed by atoms with Crippen LogP contribution in [0.25, 0.3) is 0 Å². The quantitative estimate of drug-likeness (QED) is 0.464. The van der Waals surface area contributed by atoms with Crippen molar-refractivity contribution in [3.8, 4) is 0 Å². The first-order chi connectivity index (χ1) is 13.2. The summed E-state index contributed by atoms with van der Waals surface area (Å²) in [5.74, 6) is 1.08. The molecule has 0 saturated carbocycles. The summed E-state index contributed by atoms with van der Waals surface area (Å²) in [6.45, 7) is 4.75. The SMILES string of the molecule is CC1CC(C)C(c2ccccc2)N(c2ccccc2Cl)C1c1ccccc1. The average molecular weight is 376 g/mol. The molecule has 138 valence electrons. The van der Waals surface area contributed by atoms with Gasteiger partial charge in [0.2, 0.25) is 0 Å². The number of hydrogen-bond donors (Lipinski definition) is 0. The smallest absolute Gasteiger partial charge is 0.0639 e. The third-order valence-corrected chi connectivity index (χ3v) is 6.15. The molecule has 1 fully saturated rings. The molecule has 3 aromatic rings. The van der Waals surface area contributed by atoms with Gasteiger partial charge in [-0.25, -0.2) is 0 Å². The maximum absolute atomic E-state index is 6.72. The van der Waals surface area contributed by atoms with Gasteiger partial charge in [-0.05, 0) is 41.5 Å². The third-order valence-electron chi connectivity index (χ3n) is 5.83. The zero-order valence-corrected chi connectivity index (χ0v) is 16.7. The molecule has 4 rings (SSSR count). The largest absolute Gasteiger partial charge is 0.356 e. The first-order valence-electron chi connectivity index (χ1n) is 9.79. The van der Waals surface area contributed by atoms with Gasteiger partial charge in [-0.2, -0.15) is 0 Å². The Morgan fingerprint density at radius 1 is 0.667 bits per heavy atom. The van der Waals surface area contributed by atoms with E-state index in [1.807, 2.05) is 12.1 Å².